The molecular formula is C16H19NO3. The number of methoxy groups -OCH3 is 2. The van der Waals surface area contributed by atoms with Gasteiger partial charge in [0, 0.05) is 13.2 Å². The number of carbonyl (C=O) groups excluding carboxylic acids is 1. The Morgan fingerprint density at radius 2 is 1.85 bits per heavy atom. The summed E-state index contributed by atoms with van der Waals surface area (Å²) in [6.07, 6.45) is 0. The molecule has 2 aromatic carbocycles. The summed E-state index contributed by atoms with van der Waals surface area (Å²) in [7, 11) is 3.18. The summed E-state index contributed by atoms with van der Waals surface area (Å²) in [5, 5.41) is 4.95. The first-order valence-electron chi connectivity index (χ1n) is 6.52. The third kappa shape index (κ3) is 3.08. The van der Waals surface area contributed by atoms with Gasteiger partial charge in [0.05, 0.1) is 19.3 Å². The van der Waals surface area contributed by atoms with Crippen LogP contribution in [0, 0.1) is 0 Å². The SMILES string of the molecule is COC[C@@H](C)NC(=O)c1cc2ccccc2cc1OC. The Labute approximate surface area is 118 Å². The molecule has 0 heterocycles. The number of nitrogens with one attached hydrogen (secondary N) is 1. The first-order valence-corrected chi connectivity index (χ1v) is 6.52. The molecule has 0 saturated heterocycles. The van der Waals surface area contributed by atoms with Crippen LogP contribution in [0.25, 0.3) is 10.8 Å². The molecule has 1 N–H and O–H groups in total. The Hall–Kier alpha value is -2.07. The van der Waals surface area contributed by atoms with Crippen LogP contribution in [0.5, 0.6) is 5.75 Å². The fourth-order valence-corrected chi connectivity index (χ4v) is 2.16. The summed E-state index contributed by atoms with van der Waals surface area (Å²) < 4.78 is 10.3. The molecule has 20 heavy (non-hydrogen) atoms. The van der Waals surface area contributed by atoms with Crippen LogP contribution in [0.15, 0.2) is 36.4 Å². The summed E-state index contributed by atoms with van der Waals surface area (Å²) in [6, 6.07) is 11.6. The van der Waals surface area contributed by atoms with Gasteiger partial charge in [-0.3, -0.25) is 4.79 Å². The van der Waals surface area contributed by atoms with Crippen molar-refractivity contribution in [2.24, 2.45) is 0 Å². The van der Waals surface area contributed by atoms with Crippen molar-refractivity contribution in [3.63, 3.8) is 0 Å². The van der Waals surface area contributed by atoms with Crippen LogP contribution in [0.3, 0.4) is 0 Å². The second-order valence-corrected chi connectivity index (χ2v) is 4.73. The second kappa shape index (κ2) is 6.39. The lowest BCUT2D eigenvalue weighted by molar-refractivity contribution is 0.0903. The monoisotopic (exact) mass is 273 g/mol. The maximum Gasteiger partial charge on any atom is 0.255 e. The number of fused-ring (bicyclic) bond motifs is 1. The molecule has 0 bridgehead atoms. The second-order valence-electron chi connectivity index (χ2n) is 4.73. The fourth-order valence-electron chi connectivity index (χ4n) is 2.16. The van der Waals surface area contributed by atoms with E-state index in [0.717, 1.165) is 10.8 Å². The highest BCUT2D eigenvalue weighted by molar-refractivity contribution is 6.01. The third-order valence-electron chi connectivity index (χ3n) is 3.11. The summed E-state index contributed by atoms with van der Waals surface area (Å²) in [5.41, 5.74) is 0.536. The molecule has 0 fully saturated rings. The Morgan fingerprint density at radius 1 is 1.20 bits per heavy atom. The number of amides is 1. The zero-order chi connectivity index (χ0) is 14.5. The van der Waals surface area contributed by atoms with Gasteiger partial charge in [-0.05, 0) is 29.8 Å². The van der Waals surface area contributed by atoms with E-state index in [4.69, 9.17) is 9.47 Å². The van der Waals surface area contributed by atoms with E-state index in [9.17, 15) is 4.79 Å². The van der Waals surface area contributed by atoms with E-state index >= 15 is 0 Å². The number of ether oxygens (including phenoxy) is 2. The van der Waals surface area contributed by atoms with Crippen molar-refractivity contribution in [3.8, 4) is 5.75 Å². The molecule has 0 radical (unpaired) electrons. The molecule has 1 atom stereocenters. The van der Waals surface area contributed by atoms with Gasteiger partial charge in [-0.25, -0.2) is 0 Å². The predicted octanol–water partition coefficient (Wildman–Crippen LogP) is 2.61. The number of benzene rings is 2. The van der Waals surface area contributed by atoms with Crippen LogP contribution < -0.4 is 10.1 Å². The molecule has 4 heteroatoms. The minimum atomic E-state index is -0.155. The summed E-state index contributed by atoms with van der Waals surface area (Å²) >= 11 is 0. The van der Waals surface area contributed by atoms with Gasteiger partial charge < -0.3 is 14.8 Å². The maximum atomic E-state index is 12.3. The number of hydrogen-bond acceptors (Lipinski definition) is 3. The van der Waals surface area contributed by atoms with Crippen LogP contribution in [-0.4, -0.2) is 32.8 Å². The van der Waals surface area contributed by atoms with E-state index in [1.54, 1.807) is 14.2 Å². The minimum Gasteiger partial charge on any atom is -0.496 e. The van der Waals surface area contributed by atoms with Crippen LogP contribution in [0.2, 0.25) is 0 Å². The number of rotatable bonds is 5. The topological polar surface area (TPSA) is 47.6 Å². The highest BCUT2D eigenvalue weighted by Gasteiger charge is 2.15. The third-order valence-corrected chi connectivity index (χ3v) is 3.11. The molecule has 0 aromatic heterocycles. The van der Waals surface area contributed by atoms with E-state index in [1.165, 1.54) is 0 Å². The Balaban J connectivity index is 2.34. The fraction of sp³-hybridized carbons (Fsp3) is 0.312. The van der Waals surface area contributed by atoms with Gasteiger partial charge in [-0.2, -0.15) is 0 Å². The average Bonchev–Trinajstić information content (AvgIpc) is 2.45. The van der Waals surface area contributed by atoms with E-state index in [1.807, 2.05) is 43.3 Å². The predicted molar refractivity (Wildman–Crippen MR) is 79.3 cm³/mol. The molecule has 0 aliphatic heterocycles. The molecule has 1 amide bonds. The van der Waals surface area contributed by atoms with E-state index < -0.39 is 0 Å². The molecule has 0 aliphatic rings. The summed E-state index contributed by atoms with van der Waals surface area (Å²) in [5.74, 6) is 0.419. The van der Waals surface area contributed by atoms with Crippen LogP contribution >= 0.6 is 0 Å². The molecular weight excluding hydrogens is 254 g/mol. The van der Waals surface area contributed by atoms with Gasteiger partial charge in [-0.15, -0.1) is 0 Å². The lowest BCUT2D eigenvalue weighted by Crippen LogP contribution is -2.35. The molecule has 0 saturated carbocycles. The summed E-state index contributed by atoms with van der Waals surface area (Å²) in [6.45, 7) is 2.37. The summed E-state index contributed by atoms with van der Waals surface area (Å²) in [4.78, 5) is 12.3. The van der Waals surface area contributed by atoms with Crippen molar-refractivity contribution in [2.45, 2.75) is 13.0 Å². The van der Waals surface area contributed by atoms with Crippen molar-refractivity contribution < 1.29 is 14.3 Å². The zero-order valence-corrected chi connectivity index (χ0v) is 12.0. The molecule has 106 valence electrons. The van der Waals surface area contributed by atoms with Crippen molar-refractivity contribution in [1.29, 1.82) is 0 Å². The van der Waals surface area contributed by atoms with E-state index in [-0.39, 0.29) is 11.9 Å². The van der Waals surface area contributed by atoms with Gasteiger partial charge in [0.1, 0.15) is 5.75 Å². The molecule has 0 aliphatic carbocycles. The number of hydrogen-bond donors (Lipinski definition) is 1. The molecule has 0 unspecified atom stereocenters. The lowest BCUT2D eigenvalue weighted by Gasteiger charge is -2.15. The van der Waals surface area contributed by atoms with Crippen molar-refractivity contribution in [1.82, 2.24) is 5.32 Å². The van der Waals surface area contributed by atoms with Crippen LogP contribution in [0.1, 0.15) is 17.3 Å². The first-order chi connectivity index (χ1) is 9.65. The van der Waals surface area contributed by atoms with Crippen LogP contribution in [0.4, 0.5) is 0 Å². The average molecular weight is 273 g/mol. The minimum absolute atomic E-state index is 0.0522. The van der Waals surface area contributed by atoms with E-state index in [2.05, 4.69) is 5.32 Å². The normalized spacial score (nSPS) is 12.2. The van der Waals surface area contributed by atoms with Gasteiger partial charge in [-0.1, -0.05) is 24.3 Å². The van der Waals surface area contributed by atoms with Crippen molar-refractivity contribution in [3.05, 3.63) is 42.0 Å². The quantitative estimate of drug-likeness (QED) is 0.911. The highest BCUT2D eigenvalue weighted by atomic mass is 16.5. The Kier molecular flexibility index (Phi) is 4.58. The van der Waals surface area contributed by atoms with Gasteiger partial charge >= 0.3 is 0 Å². The molecule has 4 nitrogen and oxygen atoms in total. The molecule has 2 rings (SSSR count). The van der Waals surface area contributed by atoms with Gasteiger partial charge in [0.25, 0.3) is 5.91 Å². The Bertz CT molecular complexity index is 610. The van der Waals surface area contributed by atoms with Crippen molar-refractivity contribution in [2.75, 3.05) is 20.8 Å². The first kappa shape index (κ1) is 14.3. The Morgan fingerprint density at radius 3 is 2.45 bits per heavy atom. The van der Waals surface area contributed by atoms with Gasteiger partial charge in [0.2, 0.25) is 0 Å². The van der Waals surface area contributed by atoms with Gasteiger partial charge in [0.15, 0.2) is 0 Å². The molecule has 0 spiro atoms. The van der Waals surface area contributed by atoms with Crippen molar-refractivity contribution >= 4 is 16.7 Å². The largest absolute Gasteiger partial charge is 0.496 e. The molecule has 2 aromatic rings. The zero-order valence-electron chi connectivity index (χ0n) is 12.0. The van der Waals surface area contributed by atoms with E-state index in [0.29, 0.717) is 17.9 Å². The van der Waals surface area contributed by atoms with Crippen LogP contribution in [-0.2, 0) is 4.74 Å². The smallest absolute Gasteiger partial charge is 0.255 e. The lowest BCUT2D eigenvalue weighted by atomic mass is 10.1. The maximum absolute atomic E-state index is 12.3. The highest BCUT2D eigenvalue weighted by Crippen LogP contribution is 2.25. The standard InChI is InChI=1S/C16H19NO3/c1-11(10-19-2)17-16(18)14-8-12-6-4-5-7-13(12)9-15(14)20-3/h4-9,11H,10H2,1-3H3,(H,17,18)/t11-/m1/s1. The number of carbonyl (C=O) groups is 1.